The Morgan fingerprint density at radius 2 is 1.40 bits per heavy atom. The van der Waals surface area contributed by atoms with Crippen molar-refractivity contribution in [3.63, 3.8) is 0 Å². The quantitative estimate of drug-likeness (QED) is 0.542. The largest absolute Gasteiger partial charge is 0.279 e. The maximum Gasteiger partial charge on any atom is 0.233 e. The van der Waals surface area contributed by atoms with E-state index in [2.05, 4.69) is 12.2 Å². The lowest BCUT2D eigenvalue weighted by molar-refractivity contribution is -0.143. The summed E-state index contributed by atoms with van der Waals surface area (Å²) in [7, 11) is 0. The van der Waals surface area contributed by atoms with Crippen LogP contribution < -0.4 is 0 Å². The van der Waals surface area contributed by atoms with Crippen molar-refractivity contribution >= 4 is 11.8 Å². The van der Waals surface area contributed by atoms with Gasteiger partial charge in [-0.2, -0.15) is 0 Å². The van der Waals surface area contributed by atoms with Crippen LogP contribution in [0.15, 0.2) is 12.2 Å². The molecule has 0 spiro atoms. The van der Waals surface area contributed by atoms with Crippen LogP contribution in [0.1, 0.15) is 38.5 Å². The van der Waals surface area contributed by atoms with Crippen LogP contribution in [0.5, 0.6) is 0 Å². The lowest BCUT2D eigenvalue weighted by Gasteiger charge is -2.37. The summed E-state index contributed by atoms with van der Waals surface area (Å²) in [6, 6.07) is 0.213. The molecule has 6 aliphatic rings. The molecule has 3 nitrogen and oxygen atoms in total. The minimum Gasteiger partial charge on any atom is -0.279 e. The van der Waals surface area contributed by atoms with Gasteiger partial charge in [0.25, 0.3) is 0 Å². The summed E-state index contributed by atoms with van der Waals surface area (Å²) in [6.45, 7) is 0. The molecule has 6 rings (SSSR count). The Morgan fingerprint density at radius 1 is 0.850 bits per heavy atom. The van der Waals surface area contributed by atoms with Gasteiger partial charge in [-0.05, 0) is 42.9 Å². The van der Waals surface area contributed by atoms with Crippen molar-refractivity contribution < 1.29 is 9.59 Å². The summed E-state index contributed by atoms with van der Waals surface area (Å²) >= 11 is 0. The monoisotopic (exact) mass is 271 g/mol. The number of hydrogen-bond donors (Lipinski definition) is 0. The van der Waals surface area contributed by atoms with Crippen molar-refractivity contribution in [2.24, 2.45) is 35.5 Å². The van der Waals surface area contributed by atoms with E-state index in [1.807, 2.05) is 0 Å². The normalized spacial score (nSPS) is 49.5. The van der Waals surface area contributed by atoms with Crippen LogP contribution in [0.25, 0.3) is 0 Å². The first-order chi connectivity index (χ1) is 9.77. The van der Waals surface area contributed by atoms with Crippen molar-refractivity contribution in [2.75, 3.05) is 0 Å². The third-order valence-corrected chi connectivity index (χ3v) is 6.64. The van der Waals surface area contributed by atoms with Crippen LogP contribution >= 0.6 is 0 Å². The average Bonchev–Trinajstić information content (AvgIpc) is 3.25. The highest BCUT2D eigenvalue weighted by atomic mass is 16.2. The highest BCUT2D eigenvalue weighted by Crippen LogP contribution is 2.65. The fraction of sp³-hybridized carbons (Fsp3) is 0.765. The second-order valence-electron chi connectivity index (χ2n) is 7.49. The highest BCUT2D eigenvalue weighted by Gasteiger charge is 2.67. The fourth-order valence-corrected chi connectivity index (χ4v) is 5.68. The third-order valence-electron chi connectivity index (χ3n) is 6.64. The van der Waals surface area contributed by atoms with Gasteiger partial charge in [-0.3, -0.25) is 14.5 Å². The summed E-state index contributed by atoms with van der Waals surface area (Å²) in [4.78, 5) is 27.5. The molecule has 0 aromatic carbocycles. The zero-order chi connectivity index (χ0) is 13.4. The standard InChI is InChI=1S/C17H21NO2/c19-16-14-10-6-7-11(13-8-12(10)13)15(14)17(20)18(16)9-4-2-1-3-5-9/h6-7,9-15H,1-5,8H2/t10-,11+,12-,13-,14-,15+/m0/s1. The molecule has 2 bridgehead atoms. The number of amides is 2. The number of carbonyl (C=O) groups excluding carboxylic acids is 2. The van der Waals surface area contributed by atoms with E-state index in [1.165, 1.54) is 25.7 Å². The number of allylic oxidation sites excluding steroid dienone is 2. The predicted octanol–water partition coefficient (Wildman–Crippen LogP) is 2.37. The van der Waals surface area contributed by atoms with Gasteiger partial charge in [-0.15, -0.1) is 0 Å². The van der Waals surface area contributed by atoms with Crippen LogP contribution in [0, 0.1) is 35.5 Å². The van der Waals surface area contributed by atoms with Crippen molar-refractivity contribution in [3.05, 3.63) is 12.2 Å². The van der Waals surface area contributed by atoms with Gasteiger partial charge in [0.2, 0.25) is 11.8 Å². The number of nitrogens with zero attached hydrogens (tertiary/aromatic N) is 1. The van der Waals surface area contributed by atoms with Crippen LogP contribution in [-0.4, -0.2) is 22.8 Å². The second-order valence-corrected chi connectivity index (χ2v) is 7.49. The average molecular weight is 271 g/mol. The first-order valence-electron chi connectivity index (χ1n) is 8.32. The molecule has 1 aliphatic heterocycles. The van der Waals surface area contributed by atoms with Crippen LogP contribution in [-0.2, 0) is 9.59 Å². The molecule has 20 heavy (non-hydrogen) atoms. The smallest absolute Gasteiger partial charge is 0.233 e. The van der Waals surface area contributed by atoms with Gasteiger partial charge < -0.3 is 0 Å². The molecule has 2 amide bonds. The molecule has 1 heterocycles. The molecule has 0 N–H and O–H groups in total. The van der Waals surface area contributed by atoms with Gasteiger partial charge in [-0.25, -0.2) is 0 Å². The van der Waals surface area contributed by atoms with E-state index in [1.54, 1.807) is 4.90 Å². The van der Waals surface area contributed by atoms with Gasteiger partial charge in [0, 0.05) is 6.04 Å². The van der Waals surface area contributed by atoms with Gasteiger partial charge in [-0.1, -0.05) is 31.4 Å². The summed E-state index contributed by atoms with van der Waals surface area (Å²) in [5, 5.41) is 0. The van der Waals surface area contributed by atoms with Gasteiger partial charge in [0.15, 0.2) is 0 Å². The molecule has 3 heteroatoms. The van der Waals surface area contributed by atoms with E-state index in [-0.39, 0.29) is 29.7 Å². The Hall–Kier alpha value is -1.12. The zero-order valence-electron chi connectivity index (χ0n) is 11.7. The lowest BCUT2D eigenvalue weighted by Crippen LogP contribution is -2.42. The van der Waals surface area contributed by atoms with Crippen LogP contribution in [0.3, 0.4) is 0 Å². The first kappa shape index (κ1) is 11.5. The van der Waals surface area contributed by atoms with E-state index in [9.17, 15) is 9.59 Å². The lowest BCUT2D eigenvalue weighted by atomic mass is 9.63. The Balaban J connectivity index is 1.50. The summed E-state index contributed by atoms with van der Waals surface area (Å²) < 4.78 is 0. The summed E-state index contributed by atoms with van der Waals surface area (Å²) in [5.74, 6) is 2.54. The van der Waals surface area contributed by atoms with Crippen LogP contribution in [0.4, 0.5) is 0 Å². The molecule has 1 saturated heterocycles. The SMILES string of the molecule is O=C1[C@@H]2[C@@H]3C=C[C@@H]([C@@H]4C[C@@H]34)[C@@H]2C(=O)N1C1CCCCC1. The molecule has 5 aliphatic carbocycles. The Bertz CT molecular complexity index is 483. The molecule has 0 aromatic heterocycles. The molecule has 0 unspecified atom stereocenters. The van der Waals surface area contributed by atoms with E-state index < -0.39 is 0 Å². The Labute approximate surface area is 119 Å². The molecule has 0 aromatic rings. The second kappa shape index (κ2) is 3.75. The number of imide groups is 1. The van der Waals surface area contributed by atoms with Gasteiger partial charge in [0.1, 0.15) is 0 Å². The fourth-order valence-electron chi connectivity index (χ4n) is 5.68. The minimum absolute atomic E-state index is 0.00294. The Morgan fingerprint density at radius 3 is 1.95 bits per heavy atom. The van der Waals surface area contributed by atoms with E-state index in [0.717, 1.165) is 12.8 Å². The highest BCUT2D eigenvalue weighted by molar-refractivity contribution is 6.06. The Kier molecular flexibility index (Phi) is 2.16. The van der Waals surface area contributed by atoms with Crippen molar-refractivity contribution in [1.82, 2.24) is 4.90 Å². The number of likely N-dealkylation sites (tertiary alicyclic amines) is 1. The third kappa shape index (κ3) is 1.27. The van der Waals surface area contributed by atoms with Crippen molar-refractivity contribution in [2.45, 2.75) is 44.6 Å². The number of rotatable bonds is 1. The van der Waals surface area contributed by atoms with E-state index in [4.69, 9.17) is 0 Å². The summed E-state index contributed by atoms with van der Waals surface area (Å²) in [6.07, 6.45) is 11.4. The maximum atomic E-state index is 12.9. The van der Waals surface area contributed by atoms with Gasteiger partial charge >= 0.3 is 0 Å². The summed E-state index contributed by atoms with van der Waals surface area (Å²) in [5.41, 5.74) is 0. The first-order valence-corrected chi connectivity index (χ1v) is 8.32. The minimum atomic E-state index is 0.00294. The van der Waals surface area contributed by atoms with Crippen molar-refractivity contribution in [3.8, 4) is 0 Å². The van der Waals surface area contributed by atoms with Crippen molar-refractivity contribution in [1.29, 1.82) is 0 Å². The number of hydrogen-bond acceptors (Lipinski definition) is 2. The molecule has 6 atom stereocenters. The van der Waals surface area contributed by atoms with E-state index in [0.29, 0.717) is 23.7 Å². The van der Waals surface area contributed by atoms with Crippen LogP contribution in [0.2, 0.25) is 0 Å². The predicted molar refractivity (Wildman–Crippen MR) is 73.4 cm³/mol. The molecular weight excluding hydrogens is 250 g/mol. The molecule has 106 valence electrons. The molecular formula is C17H21NO2. The van der Waals surface area contributed by atoms with E-state index >= 15 is 0 Å². The zero-order valence-corrected chi connectivity index (χ0v) is 11.7. The molecule has 0 radical (unpaired) electrons. The number of carbonyl (C=O) groups is 2. The topological polar surface area (TPSA) is 37.4 Å². The molecule has 4 fully saturated rings. The maximum absolute atomic E-state index is 12.9. The molecule has 3 saturated carbocycles. The van der Waals surface area contributed by atoms with Gasteiger partial charge in [0.05, 0.1) is 11.8 Å².